The lowest BCUT2D eigenvalue weighted by atomic mass is 10.2. The van der Waals surface area contributed by atoms with Crippen molar-refractivity contribution in [3.05, 3.63) is 29.8 Å². The Balaban J connectivity index is 0.00000529. The van der Waals surface area contributed by atoms with Gasteiger partial charge in [-0.25, -0.2) is 4.79 Å². The smallest absolute Gasteiger partial charge is 0.411 e. The Labute approximate surface area is 165 Å². The van der Waals surface area contributed by atoms with Crippen LogP contribution in [0.3, 0.4) is 0 Å². The molecule has 1 amide bonds. The minimum Gasteiger partial charge on any atom is -0.453 e. The van der Waals surface area contributed by atoms with Crippen molar-refractivity contribution in [2.75, 3.05) is 38.0 Å². The van der Waals surface area contributed by atoms with Gasteiger partial charge in [0.25, 0.3) is 0 Å². The van der Waals surface area contributed by atoms with Crippen molar-refractivity contribution in [3.8, 4) is 0 Å². The molecule has 0 spiro atoms. The van der Waals surface area contributed by atoms with Crippen LogP contribution in [0.1, 0.15) is 18.4 Å². The summed E-state index contributed by atoms with van der Waals surface area (Å²) in [5.41, 5.74) is 1.81. The van der Waals surface area contributed by atoms with E-state index in [9.17, 15) is 4.79 Å². The van der Waals surface area contributed by atoms with Gasteiger partial charge in [-0.1, -0.05) is 12.1 Å². The number of benzene rings is 1. The van der Waals surface area contributed by atoms with Crippen LogP contribution in [0.15, 0.2) is 29.3 Å². The van der Waals surface area contributed by atoms with Crippen molar-refractivity contribution in [2.45, 2.75) is 19.4 Å². The molecular formula is C16H27IN4O2S. The SMILES string of the molecule is CN=C(NCCCCSC)NCc1ccc(NC(=O)OC)cc1.I. The van der Waals surface area contributed by atoms with Crippen molar-refractivity contribution in [3.63, 3.8) is 0 Å². The molecule has 0 aromatic heterocycles. The standard InChI is InChI=1S/C16H26N4O2S.HI/c1-17-15(18-10-4-5-11-23-3)19-12-13-6-8-14(9-7-13)20-16(21)22-2;/h6-9H,4-5,10-12H2,1-3H3,(H,20,21)(H2,17,18,19);1H. The lowest BCUT2D eigenvalue weighted by Crippen LogP contribution is -2.37. The number of carbonyl (C=O) groups excluding carboxylic acids is 1. The molecule has 24 heavy (non-hydrogen) atoms. The second kappa shape index (κ2) is 14.2. The first-order valence-electron chi connectivity index (χ1n) is 7.57. The van der Waals surface area contributed by atoms with Gasteiger partial charge in [0.1, 0.15) is 0 Å². The average Bonchev–Trinajstić information content (AvgIpc) is 2.58. The van der Waals surface area contributed by atoms with Gasteiger partial charge in [0, 0.05) is 25.8 Å². The summed E-state index contributed by atoms with van der Waals surface area (Å²) in [5.74, 6) is 1.99. The first kappa shape index (κ1) is 22.8. The Morgan fingerprint density at radius 2 is 1.92 bits per heavy atom. The van der Waals surface area contributed by atoms with Crippen molar-refractivity contribution < 1.29 is 9.53 Å². The van der Waals surface area contributed by atoms with Gasteiger partial charge in [-0.3, -0.25) is 10.3 Å². The molecule has 3 N–H and O–H groups in total. The maximum atomic E-state index is 11.1. The Morgan fingerprint density at radius 1 is 1.21 bits per heavy atom. The predicted octanol–water partition coefficient (Wildman–Crippen LogP) is 3.29. The Bertz CT molecular complexity index is 497. The quantitative estimate of drug-likeness (QED) is 0.237. The van der Waals surface area contributed by atoms with E-state index in [4.69, 9.17) is 0 Å². The molecule has 136 valence electrons. The van der Waals surface area contributed by atoms with Gasteiger partial charge < -0.3 is 15.4 Å². The molecule has 8 heteroatoms. The van der Waals surface area contributed by atoms with E-state index in [1.54, 1.807) is 7.05 Å². The van der Waals surface area contributed by atoms with E-state index in [0.29, 0.717) is 12.2 Å². The highest BCUT2D eigenvalue weighted by Crippen LogP contribution is 2.09. The van der Waals surface area contributed by atoms with Crippen LogP contribution in [0.4, 0.5) is 10.5 Å². The van der Waals surface area contributed by atoms with Gasteiger partial charge in [0.15, 0.2) is 5.96 Å². The number of aliphatic imine (C=N–C) groups is 1. The number of halogens is 1. The molecule has 0 saturated carbocycles. The molecule has 1 aromatic rings. The van der Waals surface area contributed by atoms with Gasteiger partial charge in [0.05, 0.1) is 7.11 Å². The number of anilines is 1. The zero-order valence-corrected chi connectivity index (χ0v) is 17.6. The first-order chi connectivity index (χ1) is 11.2. The van der Waals surface area contributed by atoms with Gasteiger partial charge in [-0.2, -0.15) is 11.8 Å². The molecule has 0 aliphatic carbocycles. The number of guanidine groups is 1. The van der Waals surface area contributed by atoms with Gasteiger partial charge in [-0.15, -0.1) is 24.0 Å². The molecule has 0 bridgehead atoms. The second-order valence-corrected chi connectivity index (χ2v) is 5.85. The number of methoxy groups -OCH3 is 1. The van der Waals surface area contributed by atoms with Gasteiger partial charge in [0.2, 0.25) is 0 Å². The lowest BCUT2D eigenvalue weighted by molar-refractivity contribution is 0.187. The van der Waals surface area contributed by atoms with Crippen LogP contribution >= 0.6 is 35.7 Å². The summed E-state index contributed by atoms with van der Waals surface area (Å²) in [4.78, 5) is 15.3. The number of thioether (sulfide) groups is 1. The number of unbranched alkanes of at least 4 members (excludes halogenated alkanes) is 1. The number of hydrogen-bond donors (Lipinski definition) is 3. The minimum absolute atomic E-state index is 0. The van der Waals surface area contributed by atoms with Crippen molar-refractivity contribution in [1.29, 1.82) is 0 Å². The van der Waals surface area contributed by atoms with Gasteiger partial charge >= 0.3 is 6.09 Å². The van der Waals surface area contributed by atoms with Crippen LogP contribution in [-0.2, 0) is 11.3 Å². The third-order valence-electron chi connectivity index (χ3n) is 3.14. The fourth-order valence-electron chi connectivity index (χ4n) is 1.86. The monoisotopic (exact) mass is 466 g/mol. The third-order valence-corrected chi connectivity index (χ3v) is 3.83. The molecular weight excluding hydrogens is 439 g/mol. The number of rotatable bonds is 8. The van der Waals surface area contributed by atoms with Crippen LogP contribution in [0, 0.1) is 0 Å². The normalized spacial score (nSPS) is 10.5. The van der Waals surface area contributed by atoms with Crippen LogP contribution in [0.5, 0.6) is 0 Å². The second-order valence-electron chi connectivity index (χ2n) is 4.87. The zero-order valence-electron chi connectivity index (χ0n) is 14.4. The van der Waals surface area contributed by atoms with E-state index >= 15 is 0 Å². The molecule has 0 fully saturated rings. The highest BCUT2D eigenvalue weighted by molar-refractivity contribution is 14.0. The third kappa shape index (κ3) is 9.86. The highest BCUT2D eigenvalue weighted by atomic mass is 127. The number of ether oxygens (including phenoxy) is 1. The van der Waals surface area contributed by atoms with E-state index in [1.165, 1.54) is 19.3 Å². The summed E-state index contributed by atoms with van der Waals surface area (Å²) in [6.07, 6.45) is 4.00. The Hall–Kier alpha value is -1.16. The maximum Gasteiger partial charge on any atom is 0.411 e. The highest BCUT2D eigenvalue weighted by Gasteiger charge is 2.01. The predicted molar refractivity (Wildman–Crippen MR) is 114 cm³/mol. The van der Waals surface area contributed by atoms with Crippen LogP contribution in [0.2, 0.25) is 0 Å². The summed E-state index contributed by atoms with van der Waals surface area (Å²) >= 11 is 1.87. The number of nitrogens with one attached hydrogen (secondary N) is 3. The number of hydrogen-bond acceptors (Lipinski definition) is 4. The topological polar surface area (TPSA) is 74.8 Å². The minimum atomic E-state index is -0.470. The summed E-state index contributed by atoms with van der Waals surface area (Å²) in [6, 6.07) is 7.58. The average molecular weight is 466 g/mol. The van der Waals surface area contributed by atoms with Crippen molar-refractivity contribution >= 4 is 53.5 Å². The van der Waals surface area contributed by atoms with E-state index in [2.05, 4.69) is 31.9 Å². The van der Waals surface area contributed by atoms with E-state index < -0.39 is 6.09 Å². The fourth-order valence-corrected chi connectivity index (χ4v) is 2.35. The lowest BCUT2D eigenvalue weighted by Gasteiger charge is -2.12. The first-order valence-corrected chi connectivity index (χ1v) is 8.96. The van der Waals surface area contributed by atoms with Crippen LogP contribution in [-0.4, -0.2) is 44.8 Å². The summed E-state index contributed by atoms with van der Waals surface area (Å²) in [5, 5.41) is 9.19. The summed E-state index contributed by atoms with van der Waals surface area (Å²) in [7, 11) is 3.11. The molecule has 0 saturated heterocycles. The van der Waals surface area contributed by atoms with E-state index in [1.807, 2.05) is 36.0 Å². The summed E-state index contributed by atoms with van der Waals surface area (Å²) in [6.45, 7) is 1.59. The molecule has 1 rings (SSSR count). The molecule has 1 aromatic carbocycles. The molecule has 0 atom stereocenters. The van der Waals surface area contributed by atoms with Crippen molar-refractivity contribution in [1.82, 2.24) is 10.6 Å². The van der Waals surface area contributed by atoms with E-state index in [0.717, 1.165) is 24.5 Å². The van der Waals surface area contributed by atoms with Gasteiger partial charge in [-0.05, 0) is 42.5 Å². The molecule has 0 unspecified atom stereocenters. The fraction of sp³-hybridized carbons (Fsp3) is 0.500. The van der Waals surface area contributed by atoms with Crippen LogP contribution < -0.4 is 16.0 Å². The Morgan fingerprint density at radius 3 is 2.50 bits per heavy atom. The maximum absolute atomic E-state index is 11.1. The Kier molecular flexibility index (Phi) is 13.5. The number of amides is 1. The summed E-state index contributed by atoms with van der Waals surface area (Å²) < 4.78 is 4.55. The van der Waals surface area contributed by atoms with Crippen molar-refractivity contribution in [2.24, 2.45) is 4.99 Å². The molecule has 6 nitrogen and oxygen atoms in total. The zero-order chi connectivity index (χ0) is 16.9. The van der Waals surface area contributed by atoms with E-state index in [-0.39, 0.29) is 24.0 Å². The largest absolute Gasteiger partial charge is 0.453 e. The molecule has 0 aliphatic heterocycles. The number of carbonyl (C=O) groups is 1. The van der Waals surface area contributed by atoms with Crippen LogP contribution in [0.25, 0.3) is 0 Å². The number of nitrogens with zero attached hydrogens (tertiary/aromatic N) is 1. The molecule has 0 radical (unpaired) electrons. The molecule has 0 aliphatic rings. The molecule has 0 heterocycles.